The fourth-order valence-electron chi connectivity index (χ4n) is 2.79. The van der Waals surface area contributed by atoms with Gasteiger partial charge in [0.2, 0.25) is 0 Å². The van der Waals surface area contributed by atoms with E-state index in [0.29, 0.717) is 12.1 Å². The van der Waals surface area contributed by atoms with Gasteiger partial charge in [0.25, 0.3) is 0 Å². The van der Waals surface area contributed by atoms with E-state index in [9.17, 15) is 0 Å². The molecule has 0 spiro atoms. The lowest BCUT2D eigenvalue weighted by Gasteiger charge is -2.22. The summed E-state index contributed by atoms with van der Waals surface area (Å²) in [4.78, 5) is 0. The molecule has 19 heavy (non-hydrogen) atoms. The Balaban J connectivity index is 2.01. The Hall–Kier alpha value is -1.06. The second kappa shape index (κ2) is 7.51. The third-order valence-electron chi connectivity index (χ3n) is 3.77. The molecule has 1 aliphatic heterocycles. The fraction of sp³-hybridized carbons (Fsp3) is 0.625. The largest absolute Gasteiger partial charge is 0.496 e. The van der Waals surface area contributed by atoms with Gasteiger partial charge in [0.05, 0.1) is 13.2 Å². The zero-order valence-electron chi connectivity index (χ0n) is 12.0. The average molecular weight is 263 g/mol. The molecular formula is C16H25NO2. The monoisotopic (exact) mass is 263 g/mol. The van der Waals surface area contributed by atoms with Crippen LogP contribution in [0.2, 0.25) is 0 Å². The standard InChI is InChI=1S/C16H25NO2/c1-3-17-15(11-10-13-7-6-12-19-13)14-8-4-5-9-16(14)18-2/h4-5,8-9,13,15,17H,3,6-7,10-12H2,1-2H3. The Morgan fingerprint density at radius 1 is 1.42 bits per heavy atom. The quantitative estimate of drug-likeness (QED) is 0.818. The van der Waals surface area contributed by atoms with E-state index < -0.39 is 0 Å². The Bertz CT molecular complexity index is 375. The van der Waals surface area contributed by atoms with E-state index in [2.05, 4.69) is 24.4 Å². The Morgan fingerprint density at radius 3 is 2.95 bits per heavy atom. The zero-order valence-corrected chi connectivity index (χ0v) is 12.0. The van der Waals surface area contributed by atoms with Crippen molar-refractivity contribution in [3.05, 3.63) is 29.8 Å². The van der Waals surface area contributed by atoms with E-state index in [1.54, 1.807) is 7.11 Å². The van der Waals surface area contributed by atoms with Crippen molar-refractivity contribution in [2.24, 2.45) is 0 Å². The van der Waals surface area contributed by atoms with E-state index in [-0.39, 0.29) is 0 Å². The summed E-state index contributed by atoms with van der Waals surface area (Å²) in [6.07, 6.45) is 5.10. The maximum atomic E-state index is 5.71. The molecule has 1 heterocycles. The SMILES string of the molecule is CCNC(CCC1CCCO1)c1ccccc1OC. The summed E-state index contributed by atoms with van der Waals surface area (Å²) in [5.41, 5.74) is 1.25. The van der Waals surface area contributed by atoms with Crippen LogP contribution in [0, 0.1) is 0 Å². The van der Waals surface area contributed by atoms with Crippen molar-refractivity contribution >= 4 is 0 Å². The van der Waals surface area contributed by atoms with Gasteiger partial charge in [-0.3, -0.25) is 0 Å². The minimum atomic E-state index is 0.352. The zero-order chi connectivity index (χ0) is 13.5. The molecule has 0 amide bonds. The van der Waals surface area contributed by atoms with E-state index in [0.717, 1.165) is 31.7 Å². The molecule has 1 fully saturated rings. The van der Waals surface area contributed by atoms with Crippen LogP contribution in [0.15, 0.2) is 24.3 Å². The first-order valence-corrected chi connectivity index (χ1v) is 7.33. The summed E-state index contributed by atoms with van der Waals surface area (Å²) >= 11 is 0. The molecule has 1 saturated heterocycles. The van der Waals surface area contributed by atoms with Crippen molar-refractivity contribution < 1.29 is 9.47 Å². The molecule has 2 atom stereocenters. The summed E-state index contributed by atoms with van der Waals surface area (Å²) in [6, 6.07) is 8.64. The third kappa shape index (κ3) is 3.95. The topological polar surface area (TPSA) is 30.5 Å². The first-order chi connectivity index (χ1) is 9.35. The van der Waals surface area contributed by atoms with Crippen LogP contribution in [0.3, 0.4) is 0 Å². The van der Waals surface area contributed by atoms with Crippen molar-refractivity contribution in [2.45, 2.75) is 44.8 Å². The molecule has 1 N–H and O–H groups in total. The summed E-state index contributed by atoms with van der Waals surface area (Å²) in [6.45, 7) is 4.05. The van der Waals surface area contributed by atoms with Crippen LogP contribution in [0.25, 0.3) is 0 Å². The fourth-order valence-corrected chi connectivity index (χ4v) is 2.79. The predicted molar refractivity (Wildman–Crippen MR) is 77.6 cm³/mol. The van der Waals surface area contributed by atoms with E-state index in [4.69, 9.17) is 9.47 Å². The lowest BCUT2D eigenvalue weighted by Crippen LogP contribution is -2.23. The van der Waals surface area contributed by atoms with Crippen molar-refractivity contribution in [1.82, 2.24) is 5.32 Å². The van der Waals surface area contributed by atoms with Gasteiger partial charge in [-0.2, -0.15) is 0 Å². The molecule has 0 saturated carbocycles. The second-order valence-electron chi connectivity index (χ2n) is 5.06. The molecular weight excluding hydrogens is 238 g/mol. The highest BCUT2D eigenvalue weighted by molar-refractivity contribution is 5.35. The number of benzene rings is 1. The normalized spacial score (nSPS) is 20.4. The van der Waals surface area contributed by atoms with E-state index >= 15 is 0 Å². The third-order valence-corrected chi connectivity index (χ3v) is 3.77. The predicted octanol–water partition coefficient (Wildman–Crippen LogP) is 3.31. The molecule has 106 valence electrons. The highest BCUT2D eigenvalue weighted by Crippen LogP contribution is 2.29. The van der Waals surface area contributed by atoms with Gasteiger partial charge in [0, 0.05) is 18.2 Å². The summed E-state index contributed by atoms with van der Waals surface area (Å²) < 4.78 is 11.2. The molecule has 0 aromatic heterocycles. The lowest BCUT2D eigenvalue weighted by molar-refractivity contribution is 0.0995. The molecule has 0 bridgehead atoms. The van der Waals surface area contributed by atoms with Crippen LogP contribution in [-0.4, -0.2) is 26.4 Å². The van der Waals surface area contributed by atoms with Crippen molar-refractivity contribution in [3.8, 4) is 5.75 Å². The molecule has 0 aliphatic carbocycles. The van der Waals surface area contributed by atoms with Gasteiger partial charge in [-0.1, -0.05) is 25.1 Å². The van der Waals surface area contributed by atoms with Gasteiger partial charge < -0.3 is 14.8 Å². The van der Waals surface area contributed by atoms with Gasteiger partial charge in [-0.05, 0) is 38.3 Å². The number of nitrogens with one attached hydrogen (secondary N) is 1. The minimum absolute atomic E-state index is 0.352. The maximum Gasteiger partial charge on any atom is 0.123 e. The first-order valence-electron chi connectivity index (χ1n) is 7.33. The van der Waals surface area contributed by atoms with Crippen LogP contribution in [0.4, 0.5) is 0 Å². The maximum absolute atomic E-state index is 5.71. The van der Waals surface area contributed by atoms with Crippen molar-refractivity contribution in [1.29, 1.82) is 0 Å². The number of ether oxygens (including phenoxy) is 2. The Morgan fingerprint density at radius 2 is 2.26 bits per heavy atom. The van der Waals surface area contributed by atoms with Crippen LogP contribution >= 0.6 is 0 Å². The molecule has 2 rings (SSSR count). The van der Waals surface area contributed by atoms with Crippen LogP contribution in [-0.2, 0) is 4.74 Å². The summed E-state index contributed by atoms with van der Waals surface area (Å²) in [7, 11) is 1.74. The second-order valence-corrected chi connectivity index (χ2v) is 5.06. The van der Waals surface area contributed by atoms with E-state index in [1.807, 2.05) is 12.1 Å². The number of hydrogen-bond acceptors (Lipinski definition) is 3. The van der Waals surface area contributed by atoms with Gasteiger partial charge in [0.15, 0.2) is 0 Å². The molecule has 2 unspecified atom stereocenters. The van der Waals surface area contributed by atoms with E-state index in [1.165, 1.54) is 18.4 Å². The van der Waals surface area contributed by atoms with Gasteiger partial charge in [0.1, 0.15) is 5.75 Å². The minimum Gasteiger partial charge on any atom is -0.496 e. The highest BCUT2D eigenvalue weighted by atomic mass is 16.5. The summed E-state index contributed by atoms with van der Waals surface area (Å²) in [5.74, 6) is 0.973. The van der Waals surface area contributed by atoms with Gasteiger partial charge in [-0.15, -0.1) is 0 Å². The smallest absolute Gasteiger partial charge is 0.123 e. The number of methoxy groups -OCH3 is 1. The Kier molecular flexibility index (Phi) is 5.67. The lowest BCUT2D eigenvalue weighted by atomic mass is 9.98. The Labute approximate surface area is 116 Å². The van der Waals surface area contributed by atoms with Crippen LogP contribution in [0.1, 0.15) is 44.2 Å². The first kappa shape index (κ1) is 14.4. The average Bonchev–Trinajstić information content (AvgIpc) is 2.96. The number of rotatable bonds is 7. The molecule has 3 heteroatoms. The highest BCUT2D eigenvalue weighted by Gasteiger charge is 2.20. The number of hydrogen-bond donors (Lipinski definition) is 1. The molecule has 0 radical (unpaired) electrons. The van der Waals surface area contributed by atoms with Gasteiger partial charge in [-0.25, -0.2) is 0 Å². The van der Waals surface area contributed by atoms with Gasteiger partial charge >= 0.3 is 0 Å². The molecule has 1 aromatic carbocycles. The van der Waals surface area contributed by atoms with Crippen LogP contribution < -0.4 is 10.1 Å². The molecule has 3 nitrogen and oxygen atoms in total. The molecule has 1 aliphatic rings. The van der Waals surface area contributed by atoms with Crippen LogP contribution in [0.5, 0.6) is 5.75 Å². The summed E-state index contributed by atoms with van der Waals surface area (Å²) in [5, 5.41) is 3.56. The number of para-hydroxylation sites is 1. The van der Waals surface area contributed by atoms with Crippen molar-refractivity contribution in [3.63, 3.8) is 0 Å². The molecule has 1 aromatic rings. The van der Waals surface area contributed by atoms with Crippen molar-refractivity contribution in [2.75, 3.05) is 20.3 Å².